The first-order valence-corrected chi connectivity index (χ1v) is 42.5. The molecule has 586 valence electrons. The average Bonchev–Trinajstić information content (AvgIpc) is 0.811. The van der Waals surface area contributed by atoms with Gasteiger partial charge in [0.15, 0.2) is 0 Å². The van der Waals surface area contributed by atoms with Gasteiger partial charge in [0.25, 0.3) is 23.6 Å². The van der Waals surface area contributed by atoms with E-state index in [1.165, 1.54) is 17.2 Å². The third kappa shape index (κ3) is 19.1. The van der Waals surface area contributed by atoms with Gasteiger partial charge in [0.1, 0.15) is 26.9 Å². The molecule has 9 aromatic carbocycles. The highest BCUT2D eigenvalue weighted by atomic mass is 35.5. The zero-order chi connectivity index (χ0) is 80.3. The second-order valence-electron chi connectivity index (χ2n) is 26.2. The summed E-state index contributed by atoms with van der Waals surface area (Å²) in [4.78, 5) is 67.2. The van der Waals surface area contributed by atoms with Gasteiger partial charge in [-0.2, -0.15) is 0 Å². The monoisotopic (exact) mass is 1640 g/mol. The summed E-state index contributed by atoms with van der Waals surface area (Å²) < 4.78 is 123. The van der Waals surface area contributed by atoms with Crippen LogP contribution >= 0.6 is 11.6 Å². The van der Waals surface area contributed by atoms with Crippen molar-refractivity contribution < 1.29 is 71.8 Å². The van der Waals surface area contributed by atoms with Gasteiger partial charge in [-0.25, -0.2) is 50.9 Å². The first-order chi connectivity index (χ1) is 55.5. The lowest BCUT2D eigenvalue weighted by atomic mass is 10.0. The molecule has 0 saturated carbocycles. The summed E-state index contributed by atoms with van der Waals surface area (Å²) >= 11 is 6.48. The standard InChI is InChI=1S/C25H20ClN3O4S.3C19H17N3O4S/c26-23-10-7-19(15-22(23)24-21-4-2-1-3-17(21)11-12-27-24)28-25(30)18-5-8-20(9-6-18)29-16-33-13-14-34(29,31)32;23-19(21-17-4-1-16-12-20-8-7-15(16)11-17)14-2-5-18(6-3-14)22-13-26-9-10-27(22,24)25;23-19(21-17-4-1-14-7-8-20-12-16(14)11-17)15-2-5-18(6-3-15)22-13-26-9-10-27(22,24)25;23-19(21-16-6-3-14-2-1-9-20-18(14)12-16)15-4-7-17(8-5-15)22-13-26-10-11-27(22,24)25/h1-12,15H,13-14,16H2,(H,28,30);2*1-8,11-12H,9-10,13H2,(H,21,23);1-9,12H,10-11,13H2,(H,21,23). The molecule has 4 aliphatic heterocycles. The molecule has 0 radical (unpaired) electrons. The maximum atomic E-state index is 12.9. The van der Waals surface area contributed by atoms with Crippen LogP contribution in [0.3, 0.4) is 0 Å². The number of pyridine rings is 4. The van der Waals surface area contributed by atoms with E-state index in [1.807, 2.05) is 103 Å². The van der Waals surface area contributed by atoms with Gasteiger partial charge in [0, 0.05) is 109 Å². The number of carbonyl (C=O) groups is 4. The van der Waals surface area contributed by atoms with Gasteiger partial charge in [-0.3, -0.25) is 39.1 Å². The van der Waals surface area contributed by atoms with Crippen LogP contribution in [0, 0.1) is 0 Å². The Bertz CT molecular complexity index is 5880. The molecule has 0 aliphatic carbocycles. The Hall–Kier alpha value is -12.4. The number of sulfonamides is 4. The van der Waals surface area contributed by atoms with E-state index in [-0.39, 0.29) is 100.0 Å². The van der Waals surface area contributed by atoms with Crippen LogP contribution in [0.1, 0.15) is 41.4 Å². The minimum Gasteiger partial charge on any atom is -0.359 e. The Kier molecular flexibility index (Phi) is 24.1. The molecule has 8 heterocycles. The molecular formula is C82H71ClN12O16S4. The van der Waals surface area contributed by atoms with E-state index in [0.29, 0.717) is 78.3 Å². The van der Waals surface area contributed by atoms with Crippen LogP contribution in [0.2, 0.25) is 5.02 Å². The molecule has 33 heteroatoms. The Labute approximate surface area is 666 Å². The van der Waals surface area contributed by atoms with Gasteiger partial charge in [-0.1, -0.05) is 60.1 Å². The largest absolute Gasteiger partial charge is 0.359 e. The van der Waals surface area contributed by atoms with Gasteiger partial charge in [0.05, 0.1) is 88.4 Å². The number of nitrogens with zero attached hydrogens (tertiary/aromatic N) is 8. The summed E-state index contributed by atoms with van der Waals surface area (Å²) in [6, 6.07) is 64.9. The molecule has 28 nitrogen and oxygen atoms in total. The topological polar surface area (TPSA) is 354 Å². The van der Waals surface area contributed by atoms with Gasteiger partial charge in [0.2, 0.25) is 40.1 Å². The predicted molar refractivity (Wildman–Crippen MR) is 443 cm³/mol. The second-order valence-corrected chi connectivity index (χ2v) is 34.6. The smallest absolute Gasteiger partial charge is 0.255 e. The minimum absolute atomic E-state index is 0.0141. The third-order valence-corrected chi connectivity index (χ3v) is 25.6. The molecule has 4 fully saturated rings. The van der Waals surface area contributed by atoms with Crippen molar-refractivity contribution >= 4 is 164 Å². The van der Waals surface area contributed by atoms with Crippen LogP contribution in [0.5, 0.6) is 0 Å². The van der Waals surface area contributed by atoms with Crippen molar-refractivity contribution in [2.45, 2.75) is 0 Å². The fraction of sp³-hybridized carbons (Fsp3) is 0.146. The maximum Gasteiger partial charge on any atom is 0.255 e. The SMILES string of the molecule is O=C(Nc1ccc(Cl)c(-c2nccc3ccccc23)c1)c1ccc(N2COCCS2(=O)=O)cc1.O=C(Nc1ccc2cccnc2c1)c1ccc(N2COCCS2(=O)=O)cc1.O=C(Nc1ccc2ccncc2c1)c1ccc(N2COCCS2(=O)=O)cc1.O=C(Nc1ccc2cnccc2c1)c1ccc(N2COCCS2(=O)=O)cc1. The quantitative estimate of drug-likeness (QED) is 0.0833. The Morgan fingerprint density at radius 2 is 0.696 bits per heavy atom. The lowest BCUT2D eigenvalue weighted by Crippen LogP contribution is -2.41. The van der Waals surface area contributed by atoms with E-state index in [4.69, 9.17) is 30.5 Å². The van der Waals surface area contributed by atoms with Crippen LogP contribution in [-0.2, 0) is 59.0 Å². The van der Waals surface area contributed by atoms with E-state index in [1.54, 1.807) is 159 Å². The lowest BCUT2D eigenvalue weighted by Gasteiger charge is -2.28. The highest BCUT2D eigenvalue weighted by molar-refractivity contribution is 7.93. The fourth-order valence-corrected chi connectivity index (χ4v) is 17.6. The number of nitrogens with one attached hydrogen (secondary N) is 4. The number of hydrogen-bond donors (Lipinski definition) is 4. The summed E-state index contributed by atoms with van der Waals surface area (Å²) in [5.41, 5.74) is 8.33. The summed E-state index contributed by atoms with van der Waals surface area (Å²) in [6.07, 6.45) is 10.3. The van der Waals surface area contributed by atoms with Crippen molar-refractivity contribution in [3.63, 3.8) is 0 Å². The molecule has 4 N–H and O–H groups in total. The normalized spacial score (nSPS) is 15.9. The summed E-state index contributed by atoms with van der Waals surface area (Å²) in [5.74, 6) is -1.38. The number of amides is 4. The van der Waals surface area contributed by atoms with E-state index >= 15 is 0 Å². The van der Waals surface area contributed by atoms with Crippen LogP contribution in [-0.4, -0.2) is 154 Å². The summed E-state index contributed by atoms with van der Waals surface area (Å²) in [7, 11) is -13.6. The van der Waals surface area contributed by atoms with Gasteiger partial charge < -0.3 is 40.2 Å². The van der Waals surface area contributed by atoms with Crippen LogP contribution in [0.4, 0.5) is 45.5 Å². The first kappa shape index (κ1) is 79.3. The average molecular weight is 1640 g/mol. The number of carbonyl (C=O) groups excluding carboxylic acids is 4. The van der Waals surface area contributed by atoms with Gasteiger partial charge in [-0.15, -0.1) is 0 Å². The van der Waals surface area contributed by atoms with Crippen molar-refractivity contribution in [2.24, 2.45) is 0 Å². The highest BCUT2D eigenvalue weighted by Crippen LogP contribution is 2.35. The number of rotatable bonds is 13. The number of benzene rings is 9. The molecule has 4 aliphatic rings. The molecule has 0 spiro atoms. The van der Waals surface area contributed by atoms with E-state index in [0.717, 1.165) is 48.9 Å². The van der Waals surface area contributed by atoms with E-state index in [9.17, 15) is 52.8 Å². The molecule has 115 heavy (non-hydrogen) atoms. The number of aromatic nitrogens is 4. The van der Waals surface area contributed by atoms with Gasteiger partial charge >= 0.3 is 0 Å². The summed E-state index contributed by atoms with van der Waals surface area (Å²) in [5, 5.41) is 18.9. The van der Waals surface area contributed by atoms with Crippen molar-refractivity contribution in [2.75, 3.05) is 115 Å². The molecule has 4 aromatic heterocycles. The number of ether oxygens (including phenoxy) is 4. The number of hydrogen-bond acceptors (Lipinski definition) is 20. The molecule has 4 saturated heterocycles. The zero-order valence-electron chi connectivity index (χ0n) is 60.9. The maximum absolute atomic E-state index is 12.9. The molecular weight excluding hydrogens is 1570 g/mol. The molecule has 13 aromatic rings. The zero-order valence-corrected chi connectivity index (χ0v) is 65.0. The molecule has 0 unspecified atom stereocenters. The molecule has 4 amide bonds. The Morgan fingerprint density at radius 1 is 0.330 bits per heavy atom. The Balaban J connectivity index is 0.000000127. The van der Waals surface area contributed by atoms with Crippen LogP contribution < -0.4 is 38.5 Å². The lowest BCUT2D eigenvalue weighted by molar-refractivity contribution is 0.101. The number of fused-ring (bicyclic) bond motifs is 4. The number of anilines is 8. The van der Waals surface area contributed by atoms with Crippen LogP contribution in [0.25, 0.3) is 54.5 Å². The van der Waals surface area contributed by atoms with E-state index < -0.39 is 40.1 Å². The van der Waals surface area contributed by atoms with Crippen molar-refractivity contribution in [1.82, 2.24) is 19.9 Å². The number of halogens is 1. The molecule has 17 rings (SSSR count). The van der Waals surface area contributed by atoms with Crippen molar-refractivity contribution in [1.29, 1.82) is 0 Å². The summed E-state index contributed by atoms with van der Waals surface area (Å²) in [6.45, 7) is 0.679. The highest BCUT2D eigenvalue weighted by Gasteiger charge is 2.31. The van der Waals surface area contributed by atoms with Gasteiger partial charge in [-0.05, 0) is 192 Å². The molecule has 0 atom stereocenters. The van der Waals surface area contributed by atoms with E-state index in [2.05, 4.69) is 41.2 Å². The Morgan fingerprint density at radius 3 is 1.15 bits per heavy atom. The first-order valence-electron chi connectivity index (χ1n) is 35.7. The predicted octanol–water partition coefficient (Wildman–Crippen LogP) is 12.8. The third-order valence-electron chi connectivity index (χ3n) is 18.6. The molecule has 0 bridgehead atoms. The van der Waals surface area contributed by atoms with Crippen LogP contribution in [0.15, 0.2) is 262 Å². The minimum atomic E-state index is -3.42. The fourth-order valence-electron chi connectivity index (χ4n) is 12.5. The van der Waals surface area contributed by atoms with Crippen molar-refractivity contribution in [3.8, 4) is 11.3 Å². The van der Waals surface area contributed by atoms with Crippen molar-refractivity contribution in [3.05, 3.63) is 289 Å². The second kappa shape index (κ2) is 34.9.